The summed E-state index contributed by atoms with van der Waals surface area (Å²) >= 11 is 0. The minimum atomic E-state index is -3.08. The molecular weight excluding hydrogens is 618 g/mol. The Morgan fingerprint density at radius 3 is 2.38 bits per heavy atom. The third kappa shape index (κ3) is 3.95. The number of phenols is 1. The number of phenolic OH excluding ortho intramolecular Hbond substituents is 1. The average Bonchev–Trinajstić information content (AvgIpc) is 3.63. The maximum Gasteiger partial charge on any atom is 0.260 e. The molecule has 256 valence electrons. The molecule has 5 atom stereocenters. The van der Waals surface area contributed by atoms with Crippen LogP contribution in [0.2, 0.25) is 0 Å². The first-order valence-corrected chi connectivity index (χ1v) is 17.0. The minimum Gasteiger partial charge on any atom is -0.506 e. The lowest BCUT2D eigenvalue weighted by atomic mass is 9.58. The Bertz CT molecular complexity index is 1890. The number of carbonyl (C=O) groups excluding carboxylic acids is 2. The number of nitrogens with zero attached hydrogens (tertiary/aromatic N) is 1. The van der Waals surface area contributed by atoms with Crippen molar-refractivity contribution in [1.29, 1.82) is 0 Å². The van der Waals surface area contributed by atoms with Crippen molar-refractivity contribution in [2.24, 2.45) is 5.92 Å². The van der Waals surface area contributed by atoms with Gasteiger partial charge in [0.05, 0.1) is 36.8 Å². The molecule has 0 fully saturated rings. The summed E-state index contributed by atoms with van der Waals surface area (Å²) in [6.07, 6.45) is 4.49. The van der Waals surface area contributed by atoms with Crippen molar-refractivity contribution >= 4 is 22.3 Å². The predicted octanol–water partition coefficient (Wildman–Crippen LogP) is 5.20. The Morgan fingerprint density at radius 1 is 1.00 bits per heavy atom. The molecule has 2 aromatic carbocycles. The van der Waals surface area contributed by atoms with Gasteiger partial charge >= 0.3 is 0 Å². The molecule has 48 heavy (non-hydrogen) atoms. The number of ether oxygens (including phenoxy) is 3. The molecule has 1 spiro atoms. The molecule has 0 aliphatic heterocycles. The highest BCUT2D eigenvalue weighted by molar-refractivity contribution is 6.28. The van der Waals surface area contributed by atoms with Crippen molar-refractivity contribution < 1.29 is 48.7 Å². The summed E-state index contributed by atoms with van der Waals surface area (Å²) in [7, 11) is 1.57. The fourth-order valence-corrected chi connectivity index (χ4v) is 8.77. The Morgan fingerprint density at radius 2 is 1.71 bits per heavy atom. The van der Waals surface area contributed by atoms with E-state index in [-0.39, 0.29) is 46.4 Å². The van der Waals surface area contributed by atoms with E-state index in [2.05, 4.69) is 18.2 Å². The second kappa shape index (κ2) is 11.3. The molecule has 4 N–H and O–H groups in total. The van der Waals surface area contributed by atoms with Gasteiger partial charge in [-0.05, 0) is 55.7 Å². The third-order valence-electron chi connectivity index (χ3n) is 11.5. The zero-order valence-electron chi connectivity index (χ0n) is 28.1. The number of aliphatic hydroxyl groups is 3. The summed E-state index contributed by atoms with van der Waals surface area (Å²) in [5, 5.41) is 53.0. The number of aromatic nitrogens is 1. The molecule has 1 unspecified atom stereocenters. The Balaban J connectivity index is 1.52. The van der Waals surface area contributed by atoms with Crippen LogP contribution >= 0.6 is 0 Å². The van der Waals surface area contributed by atoms with Crippen LogP contribution in [-0.2, 0) is 18.3 Å². The molecule has 0 saturated heterocycles. The smallest absolute Gasteiger partial charge is 0.260 e. The molecule has 7 rings (SSSR count). The number of hydrogen-bond donors (Lipinski definition) is 4. The number of unbranched alkanes of at least 4 members (excludes halogenated alkanes) is 2. The molecular formula is C37H43NO10. The van der Waals surface area contributed by atoms with Crippen LogP contribution in [0.15, 0.2) is 22.2 Å². The zero-order valence-corrected chi connectivity index (χ0v) is 28.1. The van der Waals surface area contributed by atoms with Gasteiger partial charge in [0.25, 0.3) is 5.88 Å². The molecule has 4 aliphatic carbocycles. The van der Waals surface area contributed by atoms with Gasteiger partial charge in [0, 0.05) is 34.4 Å². The number of ketones is 2. The first-order valence-electron chi connectivity index (χ1n) is 17.0. The quantitative estimate of drug-likeness (QED) is 0.176. The fourth-order valence-electron chi connectivity index (χ4n) is 8.77. The SMILES string of the molecule is CCCCOc1noc2c1[C@@H](O)[C@@]1(O)C(=O)c3c(c4c5c(c(OC)cc(OCCCC)c5c3O)[C@]3(C4)C(C)=CCCC3C)C(=O)[C@@]1(O)C2. The molecule has 11 heteroatoms. The van der Waals surface area contributed by atoms with Crippen molar-refractivity contribution in [3.8, 4) is 23.1 Å². The standard InChI is InChI=1S/C37H43NO10/c1-6-8-13-46-21-15-22(45-5)29-24-20(16-35(29)18(3)11-10-12-19(35)4)25-28(30(39)26(21)24)33(42)37(44)32(41)27-23(17-36(37,43)31(25)40)48-38-34(27)47-14-9-7-2/h11,15,19,32,39,41,43-44H,6-10,12-14,16-17H2,1-5H3/t19?,32-,35-,36+,37-/m1/s1. The number of methoxy groups -OCH3 is 1. The van der Waals surface area contributed by atoms with Gasteiger partial charge in [-0.1, -0.05) is 45.3 Å². The van der Waals surface area contributed by atoms with Gasteiger partial charge in [-0.3, -0.25) is 9.59 Å². The van der Waals surface area contributed by atoms with E-state index in [4.69, 9.17) is 18.7 Å². The highest BCUT2D eigenvalue weighted by Crippen LogP contribution is 2.63. The molecule has 1 aromatic heterocycles. The van der Waals surface area contributed by atoms with E-state index in [1.807, 2.05) is 20.8 Å². The molecule has 4 aliphatic rings. The van der Waals surface area contributed by atoms with Crippen LogP contribution in [0, 0.1) is 5.92 Å². The molecule has 11 nitrogen and oxygen atoms in total. The van der Waals surface area contributed by atoms with Crippen LogP contribution < -0.4 is 14.2 Å². The number of aromatic hydroxyl groups is 1. The second-order valence-corrected chi connectivity index (χ2v) is 13.9. The molecule has 3 aromatic rings. The van der Waals surface area contributed by atoms with Crippen LogP contribution in [0.25, 0.3) is 10.8 Å². The largest absolute Gasteiger partial charge is 0.506 e. The molecule has 0 amide bonds. The van der Waals surface area contributed by atoms with Crippen LogP contribution in [0.3, 0.4) is 0 Å². The van der Waals surface area contributed by atoms with E-state index >= 15 is 0 Å². The second-order valence-electron chi connectivity index (χ2n) is 13.9. The number of carbonyl (C=O) groups is 2. The van der Waals surface area contributed by atoms with Gasteiger partial charge in [0.15, 0.2) is 17.0 Å². The van der Waals surface area contributed by atoms with Gasteiger partial charge in [-0.15, -0.1) is 0 Å². The number of Topliss-reactive ketones (excluding diaryl/α,β-unsaturated/α-hetero) is 2. The van der Waals surface area contributed by atoms with E-state index < -0.39 is 52.0 Å². The number of hydrogen-bond acceptors (Lipinski definition) is 11. The van der Waals surface area contributed by atoms with Crippen LogP contribution in [0.1, 0.15) is 115 Å². The Kier molecular flexibility index (Phi) is 7.69. The first kappa shape index (κ1) is 32.6. The fraction of sp³-hybridized carbons (Fsp3) is 0.541. The van der Waals surface area contributed by atoms with Gasteiger partial charge in [-0.2, -0.15) is 0 Å². The normalized spacial score (nSPS) is 28.7. The Labute approximate surface area is 278 Å². The topological polar surface area (TPSA) is 169 Å². The highest BCUT2D eigenvalue weighted by atomic mass is 16.5. The van der Waals surface area contributed by atoms with E-state index in [1.165, 1.54) is 0 Å². The van der Waals surface area contributed by atoms with Gasteiger partial charge in [0.1, 0.15) is 29.1 Å². The average molecular weight is 662 g/mol. The number of rotatable bonds is 9. The Hall–Kier alpha value is -3.93. The summed E-state index contributed by atoms with van der Waals surface area (Å²) in [6.45, 7) is 8.75. The van der Waals surface area contributed by atoms with E-state index in [1.54, 1.807) is 13.2 Å². The predicted molar refractivity (Wildman–Crippen MR) is 174 cm³/mol. The zero-order chi connectivity index (χ0) is 34.3. The number of benzene rings is 2. The lowest BCUT2D eigenvalue weighted by molar-refractivity contribution is -0.165. The summed E-state index contributed by atoms with van der Waals surface area (Å²) in [5.74, 6) is -2.05. The maximum atomic E-state index is 14.8. The first-order chi connectivity index (χ1) is 22.9. The summed E-state index contributed by atoms with van der Waals surface area (Å²) in [5.41, 5.74) is -4.98. The van der Waals surface area contributed by atoms with Crippen molar-refractivity contribution in [2.75, 3.05) is 20.3 Å². The van der Waals surface area contributed by atoms with Crippen molar-refractivity contribution in [3.05, 3.63) is 51.3 Å². The molecule has 1 heterocycles. The van der Waals surface area contributed by atoms with Crippen LogP contribution in [-0.4, -0.2) is 68.7 Å². The summed E-state index contributed by atoms with van der Waals surface area (Å²) in [4.78, 5) is 29.6. The highest BCUT2D eigenvalue weighted by Gasteiger charge is 2.72. The monoisotopic (exact) mass is 661 g/mol. The van der Waals surface area contributed by atoms with Crippen molar-refractivity contribution in [3.63, 3.8) is 0 Å². The van der Waals surface area contributed by atoms with Gasteiger partial charge in [-0.25, -0.2) is 0 Å². The van der Waals surface area contributed by atoms with E-state index in [9.17, 15) is 30.0 Å². The van der Waals surface area contributed by atoms with Crippen LogP contribution in [0.5, 0.6) is 23.1 Å². The van der Waals surface area contributed by atoms with Crippen LogP contribution in [0.4, 0.5) is 0 Å². The number of aliphatic hydroxyl groups excluding tert-OH is 1. The maximum absolute atomic E-state index is 14.8. The van der Waals surface area contributed by atoms with Crippen molar-refractivity contribution in [2.45, 2.75) is 102 Å². The van der Waals surface area contributed by atoms with Crippen molar-refractivity contribution in [1.82, 2.24) is 5.16 Å². The van der Waals surface area contributed by atoms with E-state index in [0.29, 0.717) is 36.1 Å². The lowest BCUT2D eigenvalue weighted by Gasteiger charge is -2.49. The summed E-state index contributed by atoms with van der Waals surface area (Å²) in [6, 6.07) is 1.73. The van der Waals surface area contributed by atoms with Gasteiger partial charge < -0.3 is 39.2 Å². The third-order valence-corrected chi connectivity index (χ3v) is 11.5. The van der Waals surface area contributed by atoms with E-state index in [0.717, 1.165) is 43.2 Å². The molecule has 0 bridgehead atoms. The molecule has 0 radical (unpaired) electrons. The number of fused-ring (bicyclic) bond motifs is 5. The summed E-state index contributed by atoms with van der Waals surface area (Å²) < 4.78 is 23.4. The molecule has 0 saturated carbocycles. The lowest BCUT2D eigenvalue weighted by Crippen LogP contribution is -2.71. The minimum absolute atomic E-state index is 0.0719. The number of allylic oxidation sites excluding steroid dienone is 2. The van der Waals surface area contributed by atoms with Gasteiger partial charge in [0.2, 0.25) is 5.78 Å².